The topological polar surface area (TPSA) is 67.4 Å². The molecule has 5 rings (SSSR count). The minimum absolute atomic E-state index is 0.179. The molecule has 0 bridgehead atoms. The summed E-state index contributed by atoms with van der Waals surface area (Å²) in [5.41, 5.74) is 4.02. The van der Waals surface area contributed by atoms with Crippen LogP contribution in [0.3, 0.4) is 0 Å². The van der Waals surface area contributed by atoms with Crippen molar-refractivity contribution in [2.24, 2.45) is 5.92 Å². The molecule has 3 aliphatic rings. The zero-order valence-corrected chi connectivity index (χ0v) is 17.0. The van der Waals surface area contributed by atoms with Crippen LogP contribution in [-0.2, 0) is 28.0 Å². The Balaban J connectivity index is 1.36. The van der Waals surface area contributed by atoms with E-state index >= 15 is 0 Å². The molecule has 1 spiro atoms. The number of nitrogens with zero attached hydrogens (tertiary/aromatic N) is 3. The van der Waals surface area contributed by atoms with Gasteiger partial charge in [0.05, 0.1) is 30.7 Å². The highest BCUT2D eigenvalue weighted by atomic mass is 16.5. The number of fused-ring (bicyclic) bond motifs is 2. The van der Waals surface area contributed by atoms with E-state index in [9.17, 15) is 4.79 Å². The van der Waals surface area contributed by atoms with Crippen LogP contribution >= 0.6 is 0 Å². The average Bonchev–Trinajstić information content (AvgIpc) is 3.47. The SMILES string of the molecule is Cc1nc(NCC2CC2)nc2c1COC[C@]21CCN(C(=O)Cc2ccccc2)C1. The lowest BCUT2D eigenvalue weighted by atomic mass is 9.80. The largest absolute Gasteiger partial charge is 0.376 e. The summed E-state index contributed by atoms with van der Waals surface area (Å²) in [7, 11) is 0. The summed E-state index contributed by atoms with van der Waals surface area (Å²) in [5.74, 6) is 1.67. The Morgan fingerprint density at radius 1 is 1.28 bits per heavy atom. The van der Waals surface area contributed by atoms with Gasteiger partial charge < -0.3 is 15.0 Å². The van der Waals surface area contributed by atoms with E-state index in [-0.39, 0.29) is 11.3 Å². The molecule has 6 nitrogen and oxygen atoms in total. The van der Waals surface area contributed by atoms with E-state index in [4.69, 9.17) is 9.72 Å². The summed E-state index contributed by atoms with van der Waals surface area (Å²) in [6.07, 6.45) is 3.93. The first-order valence-electron chi connectivity index (χ1n) is 10.6. The number of benzene rings is 1. The first kappa shape index (κ1) is 18.6. The molecule has 1 aromatic heterocycles. The van der Waals surface area contributed by atoms with Gasteiger partial charge in [-0.3, -0.25) is 4.79 Å². The predicted octanol–water partition coefficient (Wildman–Crippen LogP) is 2.85. The van der Waals surface area contributed by atoms with Gasteiger partial charge in [-0.1, -0.05) is 30.3 Å². The maximum absolute atomic E-state index is 12.9. The fourth-order valence-electron chi connectivity index (χ4n) is 4.54. The highest BCUT2D eigenvalue weighted by Gasteiger charge is 2.46. The highest BCUT2D eigenvalue weighted by Crippen LogP contribution is 2.40. The molecule has 29 heavy (non-hydrogen) atoms. The van der Waals surface area contributed by atoms with Crippen molar-refractivity contribution in [3.05, 3.63) is 52.8 Å². The normalized spacial score (nSPS) is 23.3. The minimum Gasteiger partial charge on any atom is -0.376 e. The van der Waals surface area contributed by atoms with Crippen molar-refractivity contribution in [3.63, 3.8) is 0 Å². The first-order valence-corrected chi connectivity index (χ1v) is 10.6. The molecule has 1 atom stereocenters. The van der Waals surface area contributed by atoms with Gasteiger partial charge in [-0.2, -0.15) is 0 Å². The Morgan fingerprint density at radius 2 is 2.10 bits per heavy atom. The molecule has 2 aliphatic heterocycles. The number of hydrogen-bond donors (Lipinski definition) is 1. The maximum atomic E-state index is 12.9. The third-order valence-electron chi connectivity index (χ3n) is 6.49. The number of nitrogens with one attached hydrogen (secondary N) is 1. The quantitative estimate of drug-likeness (QED) is 0.848. The minimum atomic E-state index is -0.219. The van der Waals surface area contributed by atoms with Crippen LogP contribution in [0, 0.1) is 12.8 Å². The molecule has 2 aromatic rings. The number of likely N-dealkylation sites (tertiary alicyclic amines) is 1. The Morgan fingerprint density at radius 3 is 2.90 bits per heavy atom. The van der Waals surface area contributed by atoms with Crippen LogP contribution in [0.25, 0.3) is 0 Å². The zero-order chi connectivity index (χ0) is 19.8. The molecule has 1 saturated carbocycles. The van der Waals surface area contributed by atoms with E-state index in [1.165, 1.54) is 12.8 Å². The third-order valence-corrected chi connectivity index (χ3v) is 6.49. The highest BCUT2D eigenvalue weighted by molar-refractivity contribution is 5.79. The van der Waals surface area contributed by atoms with Crippen LogP contribution in [0.15, 0.2) is 30.3 Å². The smallest absolute Gasteiger partial charge is 0.227 e. The molecule has 1 N–H and O–H groups in total. The first-order chi connectivity index (χ1) is 14.1. The number of carbonyl (C=O) groups is 1. The monoisotopic (exact) mass is 392 g/mol. The predicted molar refractivity (Wildman–Crippen MR) is 111 cm³/mol. The molecule has 0 radical (unpaired) electrons. The lowest BCUT2D eigenvalue weighted by Gasteiger charge is -2.35. The van der Waals surface area contributed by atoms with Gasteiger partial charge in [-0.15, -0.1) is 0 Å². The summed E-state index contributed by atoms with van der Waals surface area (Å²) >= 11 is 0. The molecule has 0 unspecified atom stereocenters. The Kier molecular flexibility index (Phi) is 4.74. The van der Waals surface area contributed by atoms with Crippen molar-refractivity contribution in [2.75, 3.05) is 31.6 Å². The van der Waals surface area contributed by atoms with Gasteiger partial charge in [-0.25, -0.2) is 9.97 Å². The van der Waals surface area contributed by atoms with E-state index in [0.29, 0.717) is 26.2 Å². The molecule has 1 amide bonds. The summed E-state index contributed by atoms with van der Waals surface area (Å²) in [6, 6.07) is 9.96. The van der Waals surface area contributed by atoms with Crippen molar-refractivity contribution in [1.82, 2.24) is 14.9 Å². The third kappa shape index (κ3) is 3.73. The molecule has 1 saturated heterocycles. The van der Waals surface area contributed by atoms with Gasteiger partial charge in [-0.05, 0) is 37.7 Å². The number of aryl methyl sites for hydroxylation is 1. The number of anilines is 1. The van der Waals surface area contributed by atoms with Crippen LogP contribution in [0.1, 0.15) is 41.8 Å². The van der Waals surface area contributed by atoms with E-state index in [1.807, 2.05) is 42.2 Å². The number of rotatable bonds is 5. The van der Waals surface area contributed by atoms with Crippen LogP contribution in [0.4, 0.5) is 5.95 Å². The van der Waals surface area contributed by atoms with Gasteiger partial charge in [0.15, 0.2) is 0 Å². The second-order valence-electron chi connectivity index (χ2n) is 8.78. The van der Waals surface area contributed by atoms with Gasteiger partial charge in [0.1, 0.15) is 0 Å². The number of aromatic nitrogens is 2. The fraction of sp³-hybridized carbons (Fsp3) is 0.522. The molecule has 6 heteroatoms. The lowest BCUT2D eigenvalue weighted by molar-refractivity contribution is -0.129. The second-order valence-corrected chi connectivity index (χ2v) is 8.78. The molecule has 1 aliphatic carbocycles. The van der Waals surface area contributed by atoms with E-state index in [0.717, 1.165) is 53.9 Å². The van der Waals surface area contributed by atoms with Crippen LogP contribution < -0.4 is 5.32 Å². The molecular formula is C23H28N4O2. The van der Waals surface area contributed by atoms with E-state index < -0.39 is 0 Å². The molecule has 1 aromatic carbocycles. The Hall–Kier alpha value is -2.47. The molecule has 152 valence electrons. The Labute approximate surface area is 171 Å². The van der Waals surface area contributed by atoms with Crippen molar-refractivity contribution < 1.29 is 9.53 Å². The van der Waals surface area contributed by atoms with E-state index in [1.54, 1.807) is 0 Å². The van der Waals surface area contributed by atoms with Crippen LogP contribution in [0.5, 0.6) is 0 Å². The van der Waals surface area contributed by atoms with Crippen LogP contribution in [0.2, 0.25) is 0 Å². The van der Waals surface area contributed by atoms with Crippen molar-refractivity contribution >= 4 is 11.9 Å². The van der Waals surface area contributed by atoms with Crippen molar-refractivity contribution in [1.29, 1.82) is 0 Å². The van der Waals surface area contributed by atoms with Crippen molar-refractivity contribution in [2.45, 2.75) is 44.6 Å². The summed E-state index contributed by atoms with van der Waals surface area (Å²) in [6.45, 7) is 5.59. The van der Waals surface area contributed by atoms with Gasteiger partial charge in [0.25, 0.3) is 0 Å². The zero-order valence-electron chi connectivity index (χ0n) is 17.0. The number of ether oxygens (including phenoxy) is 1. The van der Waals surface area contributed by atoms with Crippen LogP contribution in [-0.4, -0.2) is 47.0 Å². The van der Waals surface area contributed by atoms with Gasteiger partial charge in [0, 0.05) is 30.9 Å². The molecule has 3 heterocycles. The Bertz CT molecular complexity index is 913. The second kappa shape index (κ2) is 7.41. The molecule has 2 fully saturated rings. The fourth-order valence-corrected chi connectivity index (χ4v) is 4.54. The maximum Gasteiger partial charge on any atom is 0.227 e. The number of carbonyl (C=O) groups excluding carboxylic acids is 1. The lowest BCUT2D eigenvalue weighted by Crippen LogP contribution is -2.42. The number of amides is 1. The summed E-state index contributed by atoms with van der Waals surface area (Å²) in [5, 5.41) is 3.43. The number of hydrogen-bond acceptors (Lipinski definition) is 5. The average molecular weight is 393 g/mol. The standard InChI is InChI=1S/C23H28N4O2/c1-16-19-13-29-15-23(21(19)26-22(25-16)24-12-18-7-8-18)9-10-27(14-23)20(28)11-17-5-3-2-4-6-17/h2-6,18H,7-15H2,1H3,(H,24,25,26)/t23-/m1/s1. The summed E-state index contributed by atoms with van der Waals surface area (Å²) < 4.78 is 5.97. The molecular weight excluding hydrogens is 364 g/mol. The van der Waals surface area contributed by atoms with Gasteiger partial charge in [0.2, 0.25) is 11.9 Å². The summed E-state index contributed by atoms with van der Waals surface area (Å²) in [4.78, 5) is 24.5. The van der Waals surface area contributed by atoms with Gasteiger partial charge >= 0.3 is 0 Å². The van der Waals surface area contributed by atoms with Crippen molar-refractivity contribution in [3.8, 4) is 0 Å². The van der Waals surface area contributed by atoms with E-state index in [2.05, 4.69) is 10.3 Å².